The Kier molecular flexibility index (Phi) is 9.78. The molecule has 6 heteroatoms. The topological polar surface area (TPSA) is 69.9 Å². The zero-order valence-corrected chi connectivity index (χ0v) is 40.4. The van der Waals surface area contributed by atoms with Gasteiger partial charge in [0, 0.05) is 43.6 Å². The van der Waals surface area contributed by atoms with Crippen molar-refractivity contribution in [3.63, 3.8) is 0 Å². The van der Waals surface area contributed by atoms with Crippen LogP contribution in [0.1, 0.15) is 0 Å². The van der Waals surface area contributed by atoms with Gasteiger partial charge in [0.15, 0.2) is 17.5 Å². The molecule has 0 atom stereocenters. The smallest absolute Gasteiger partial charge is 0.164 e. The lowest BCUT2D eigenvalue weighted by Crippen LogP contribution is -2.00. The third-order valence-electron chi connectivity index (χ3n) is 14.6. The minimum absolute atomic E-state index is 0.565. The van der Waals surface area contributed by atoms with Gasteiger partial charge in [-0.2, -0.15) is 0 Å². The van der Waals surface area contributed by atoms with Crippen LogP contribution in [0.2, 0.25) is 0 Å². The first-order chi connectivity index (χ1) is 37.1. The Morgan fingerprint density at radius 2 is 0.720 bits per heavy atom. The maximum absolute atomic E-state index is 6.64. The number of furan rings is 2. The van der Waals surface area contributed by atoms with Gasteiger partial charge in [-0.1, -0.05) is 176 Å². The molecule has 0 unspecified atom stereocenters. The minimum atomic E-state index is 0.565. The van der Waals surface area contributed by atoms with Gasteiger partial charge < -0.3 is 13.4 Å². The summed E-state index contributed by atoms with van der Waals surface area (Å²) in [5.74, 6) is 1.74. The monoisotopic (exact) mass is 958 g/mol. The second-order valence-electron chi connectivity index (χ2n) is 19.1. The molecule has 0 fully saturated rings. The molecular formula is C69H42N4O2. The molecule has 0 spiro atoms. The molecule has 0 bridgehead atoms. The molecule has 0 saturated carbocycles. The van der Waals surface area contributed by atoms with E-state index in [9.17, 15) is 0 Å². The number of aromatic nitrogens is 4. The molecule has 15 aromatic rings. The summed E-state index contributed by atoms with van der Waals surface area (Å²) in [4.78, 5) is 15.8. The Morgan fingerprint density at radius 3 is 1.45 bits per heavy atom. The highest BCUT2D eigenvalue weighted by Gasteiger charge is 2.21. The van der Waals surface area contributed by atoms with E-state index in [4.69, 9.17) is 23.8 Å². The SMILES string of the molecule is c1ccc(-c2cc(-c3ccccc3)cc(-c3cccc(-c4nc(-c5ccccc5)nc(-c5cccc6oc7ccc(-c8ccc9c(c8)c8ccccc8n9-c8cccc9oc%10ccccc%10c89)cc7c56)n4)c3)c2)cc1. The lowest BCUT2D eigenvalue weighted by molar-refractivity contribution is 0.668. The van der Waals surface area contributed by atoms with Gasteiger partial charge in [0.25, 0.3) is 0 Å². The van der Waals surface area contributed by atoms with Crippen molar-refractivity contribution in [1.29, 1.82) is 0 Å². The summed E-state index contributed by atoms with van der Waals surface area (Å²) >= 11 is 0. The number of hydrogen-bond donors (Lipinski definition) is 0. The number of nitrogens with zero attached hydrogens (tertiary/aromatic N) is 4. The maximum Gasteiger partial charge on any atom is 0.164 e. The van der Waals surface area contributed by atoms with Crippen molar-refractivity contribution in [2.45, 2.75) is 0 Å². The average molecular weight is 959 g/mol. The van der Waals surface area contributed by atoms with Crippen LogP contribution in [0.15, 0.2) is 264 Å². The van der Waals surface area contributed by atoms with Crippen molar-refractivity contribution in [2.75, 3.05) is 0 Å². The van der Waals surface area contributed by atoms with E-state index in [1.54, 1.807) is 0 Å². The number of rotatable bonds is 8. The first kappa shape index (κ1) is 42.5. The van der Waals surface area contributed by atoms with Crippen LogP contribution >= 0.6 is 0 Å². The van der Waals surface area contributed by atoms with E-state index in [-0.39, 0.29) is 0 Å². The van der Waals surface area contributed by atoms with Crippen LogP contribution in [0.3, 0.4) is 0 Å². The van der Waals surface area contributed by atoms with E-state index in [0.29, 0.717) is 17.5 Å². The second kappa shape index (κ2) is 17.3. The molecule has 0 aliphatic rings. The Hall–Kier alpha value is -10.2. The van der Waals surface area contributed by atoms with Gasteiger partial charge >= 0.3 is 0 Å². The van der Waals surface area contributed by atoms with E-state index in [1.165, 1.54) is 10.8 Å². The van der Waals surface area contributed by atoms with E-state index in [1.807, 2.05) is 54.6 Å². The van der Waals surface area contributed by atoms with Crippen LogP contribution < -0.4 is 0 Å². The largest absolute Gasteiger partial charge is 0.456 e. The number of fused-ring (bicyclic) bond motifs is 9. The third kappa shape index (κ3) is 7.22. The molecule has 0 aliphatic carbocycles. The van der Waals surface area contributed by atoms with Crippen molar-refractivity contribution in [2.24, 2.45) is 0 Å². The predicted octanol–water partition coefficient (Wildman–Crippen LogP) is 18.4. The average Bonchev–Trinajstić information content (AvgIpc) is 4.19. The summed E-state index contributed by atoms with van der Waals surface area (Å²) in [7, 11) is 0. The van der Waals surface area contributed by atoms with Gasteiger partial charge in [0.1, 0.15) is 22.3 Å². The molecule has 350 valence electrons. The van der Waals surface area contributed by atoms with Crippen molar-refractivity contribution in [1.82, 2.24) is 19.5 Å². The van der Waals surface area contributed by atoms with Crippen molar-refractivity contribution in [3.05, 3.63) is 255 Å². The predicted molar refractivity (Wildman–Crippen MR) is 307 cm³/mol. The van der Waals surface area contributed by atoms with Crippen LogP contribution in [0.4, 0.5) is 0 Å². The van der Waals surface area contributed by atoms with E-state index >= 15 is 0 Å². The second-order valence-corrected chi connectivity index (χ2v) is 19.1. The number of para-hydroxylation sites is 2. The summed E-state index contributed by atoms with van der Waals surface area (Å²) in [5.41, 5.74) is 18.3. The molecule has 0 amide bonds. The van der Waals surface area contributed by atoms with Gasteiger partial charge in [-0.15, -0.1) is 0 Å². The van der Waals surface area contributed by atoms with Crippen molar-refractivity contribution < 1.29 is 8.83 Å². The van der Waals surface area contributed by atoms with Crippen LogP contribution in [0.25, 0.3) is 150 Å². The molecule has 4 heterocycles. The molecule has 75 heavy (non-hydrogen) atoms. The summed E-state index contributed by atoms with van der Waals surface area (Å²) < 4.78 is 15.4. The number of benzene rings is 11. The Labute approximate surface area is 431 Å². The van der Waals surface area contributed by atoms with Crippen LogP contribution in [0.5, 0.6) is 0 Å². The van der Waals surface area contributed by atoms with Crippen LogP contribution in [0, 0.1) is 0 Å². The van der Waals surface area contributed by atoms with Crippen LogP contribution in [-0.2, 0) is 0 Å². The van der Waals surface area contributed by atoms with E-state index in [0.717, 1.165) is 122 Å². The van der Waals surface area contributed by atoms with E-state index in [2.05, 4.69) is 205 Å². The molecule has 6 nitrogen and oxygen atoms in total. The van der Waals surface area contributed by atoms with Crippen LogP contribution in [-0.4, -0.2) is 19.5 Å². The maximum atomic E-state index is 6.64. The Morgan fingerprint density at radius 1 is 0.253 bits per heavy atom. The molecule has 0 saturated heterocycles. The van der Waals surface area contributed by atoms with Gasteiger partial charge in [-0.25, -0.2) is 15.0 Å². The van der Waals surface area contributed by atoms with Gasteiger partial charge in [-0.05, 0) is 123 Å². The fourth-order valence-corrected chi connectivity index (χ4v) is 11.1. The normalized spacial score (nSPS) is 11.7. The van der Waals surface area contributed by atoms with Gasteiger partial charge in [0.05, 0.1) is 22.1 Å². The third-order valence-corrected chi connectivity index (χ3v) is 14.6. The Balaban J connectivity index is 0.866. The lowest BCUT2D eigenvalue weighted by Gasteiger charge is -2.13. The number of hydrogen-bond acceptors (Lipinski definition) is 5. The molecule has 15 rings (SSSR count). The molecule has 4 aromatic heterocycles. The highest BCUT2D eigenvalue weighted by molar-refractivity contribution is 6.16. The first-order valence-electron chi connectivity index (χ1n) is 25.2. The Bertz CT molecular complexity index is 4650. The highest BCUT2D eigenvalue weighted by Crippen LogP contribution is 2.43. The zero-order chi connectivity index (χ0) is 49.4. The fourth-order valence-electron chi connectivity index (χ4n) is 11.1. The van der Waals surface area contributed by atoms with Gasteiger partial charge in [0.2, 0.25) is 0 Å². The zero-order valence-electron chi connectivity index (χ0n) is 40.4. The van der Waals surface area contributed by atoms with E-state index < -0.39 is 0 Å². The molecule has 0 aliphatic heterocycles. The first-order valence-corrected chi connectivity index (χ1v) is 25.2. The highest BCUT2D eigenvalue weighted by atomic mass is 16.3. The quantitative estimate of drug-likeness (QED) is 0.152. The molecule has 11 aromatic carbocycles. The summed E-state index contributed by atoms with van der Waals surface area (Å²) in [6.45, 7) is 0. The molecular weight excluding hydrogens is 917 g/mol. The van der Waals surface area contributed by atoms with Gasteiger partial charge in [-0.3, -0.25) is 0 Å². The van der Waals surface area contributed by atoms with Crippen molar-refractivity contribution in [3.8, 4) is 84.4 Å². The fraction of sp³-hybridized carbons (Fsp3) is 0. The standard InChI is InChI=1S/C69H42N4O2/c1-4-17-43(18-5-1)50-38-51(44-19-6-2-7-20-44)40-52(39-50)46-23-14-24-49(37-46)68-70-67(45-21-8-3-9-22-45)71-69(72-68)55-27-15-31-63-65(55)57-42-48(34-36-62(57)75-63)47-33-35-59-56(41-47)53-25-10-12-28-58(53)73(59)60-29-16-32-64-66(60)54-26-11-13-30-61(54)74-64/h1-42H. The molecule has 0 radical (unpaired) electrons. The lowest BCUT2D eigenvalue weighted by atomic mass is 9.93. The minimum Gasteiger partial charge on any atom is -0.456 e. The summed E-state index contributed by atoms with van der Waals surface area (Å²) in [5, 5.41) is 6.48. The summed E-state index contributed by atoms with van der Waals surface area (Å²) in [6.07, 6.45) is 0. The molecule has 0 N–H and O–H groups in total. The summed E-state index contributed by atoms with van der Waals surface area (Å²) in [6, 6.07) is 89.4. The van der Waals surface area contributed by atoms with Crippen molar-refractivity contribution >= 4 is 65.7 Å².